The van der Waals surface area contributed by atoms with Gasteiger partial charge < -0.3 is 0 Å². The van der Waals surface area contributed by atoms with Gasteiger partial charge in [0.25, 0.3) is 0 Å². The second-order valence-electron chi connectivity index (χ2n) is 2.80. The normalized spacial score (nSPS) is 14.7. The Labute approximate surface area is 86.7 Å². The number of hydrogen-bond donors (Lipinski definition) is 0. The Kier molecular flexibility index (Phi) is 2.06. The maximum absolute atomic E-state index is 12.5. The zero-order valence-corrected chi connectivity index (χ0v) is 8.35. The summed E-state index contributed by atoms with van der Waals surface area (Å²) in [4.78, 5) is 0. The van der Waals surface area contributed by atoms with Gasteiger partial charge in [0.05, 0.1) is 11.3 Å². The van der Waals surface area contributed by atoms with Crippen LogP contribution in [0, 0.1) is 0 Å². The van der Waals surface area contributed by atoms with E-state index in [1.807, 2.05) is 0 Å². The highest BCUT2D eigenvalue weighted by Gasteiger charge is 2.36. The molecule has 0 atom stereocenters. The van der Waals surface area contributed by atoms with E-state index in [1.165, 1.54) is 12.3 Å². The van der Waals surface area contributed by atoms with Crippen LogP contribution >= 0.6 is 15.9 Å². The molecule has 1 radical (unpaired) electrons. The minimum Gasteiger partial charge on any atom is -0.255 e. The first-order valence-corrected chi connectivity index (χ1v) is 4.56. The highest BCUT2D eigenvalue weighted by Crippen LogP contribution is 2.43. The summed E-state index contributed by atoms with van der Waals surface area (Å²) in [5, 5.41) is 3.85. The third-order valence-electron chi connectivity index (χ3n) is 1.90. The van der Waals surface area contributed by atoms with Gasteiger partial charge in [-0.05, 0) is 28.1 Å². The molecule has 0 aliphatic carbocycles. The highest BCUT2D eigenvalue weighted by atomic mass is 79.9. The molecule has 0 spiro atoms. The van der Waals surface area contributed by atoms with Crippen molar-refractivity contribution in [3.63, 3.8) is 0 Å². The van der Waals surface area contributed by atoms with Crippen molar-refractivity contribution in [3.05, 3.63) is 35.5 Å². The quantitative estimate of drug-likeness (QED) is 0.678. The van der Waals surface area contributed by atoms with Crippen LogP contribution in [0.3, 0.4) is 0 Å². The van der Waals surface area contributed by atoms with Crippen molar-refractivity contribution >= 4 is 26.1 Å². The molecule has 1 aromatic carbocycles. The number of alkyl halides is 3. The molecule has 0 saturated carbocycles. The predicted octanol–water partition coefficient (Wildman–Crippen LogP) is 3.65. The third kappa shape index (κ3) is 1.41. The molecule has 14 heavy (non-hydrogen) atoms. The third-order valence-corrected chi connectivity index (χ3v) is 2.50. The lowest BCUT2D eigenvalue weighted by atomic mass is 10.1. The summed E-state index contributed by atoms with van der Waals surface area (Å²) in [6.07, 6.45) is -2.96. The van der Waals surface area contributed by atoms with E-state index in [-0.39, 0.29) is 5.56 Å². The smallest absolute Gasteiger partial charge is 0.255 e. The zero-order chi connectivity index (χ0) is 10.3. The zero-order valence-electron chi connectivity index (χ0n) is 6.77. The Balaban J connectivity index is 2.64. The van der Waals surface area contributed by atoms with E-state index in [1.54, 1.807) is 6.07 Å². The molecule has 1 nitrogen and oxygen atoms in total. The Morgan fingerprint density at radius 2 is 1.93 bits per heavy atom. The Morgan fingerprint density at radius 3 is 2.57 bits per heavy atom. The maximum atomic E-state index is 12.5. The summed E-state index contributed by atoms with van der Waals surface area (Å²) in [5.41, 5.74) is -0.175. The van der Waals surface area contributed by atoms with Gasteiger partial charge in [-0.25, -0.2) is 0 Å². The van der Waals surface area contributed by atoms with Gasteiger partial charge in [0.2, 0.25) is 0 Å². The first-order valence-electron chi connectivity index (χ1n) is 3.77. The molecule has 0 unspecified atom stereocenters. The van der Waals surface area contributed by atoms with Gasteiger partial charge in [0, 0.05) is 16.2 Å². The fraction of sp³-hybridized carbons (Fsp3) is 0.111. The van der Waals surface area contributed by atoms with Crippen LogP contribution in [0.15, 0.2) is 24.4 Å². The largest absolute Gasteiger partial charge is 0.417 e. The Hall–Kier alpha value is -0.970. The molecular formula is C9H4BrF3N. The van der Waals surface area contributed by atoms with Gasteiger partial charge in [0.15, 0.2) is 0 Å². The number of halogens is 4. The van der Waals surface area contributed by atoms with Crippen LogP contribution in [0.5, 0.6) is 0 Å². The SMILES string of the molecule is FC(F)(F)c1cccc2c1C(Br)=C[N]2. The van der Waals surface area contributed by atoms with E-state index in [2.05, 4.69) is 21.2 Å². The van der Waals surface area contributed by atoms with E-state index in [0.717, 1.165) is 6.07 Å². The number of nitrogens with zero attached hydrogens (tertiary/aromatic N) is 1. The fourth-order valence-corrected chi connectivity index (χ4v) is 1.84. The van der Waals surface area contributed by atoms with Gasteiger partial charge in [-0.2, -0.15) is 13.2 Å². The van der Waals surface area contributed by atoms with Crippen LogP contribution in [0.4, 0.5) is 18.9 Å². The summed E-state index contributed by atoms with van der Waals surface area (Å²) < 4.78 is 38.0. The van der Waals surface area contributed by atoms with Gasteiger partial charge in [-0.3, -0.25) is 5.32 Å². The van der Waals surface area contributed by atoms with E-state index < -0.39 is 11.7 Å². The van der Waals surface area contributed by atoms with Crippen LogP contribution in [0.2, 0.25) is 0 Å². The number of fused-ring (bicyclic) bond motifs is 1. The second kappa shape index (κ2) is 3.02. The molecule has 0 amide bonds. The summed E-state index contributed by atoms with van der Waals surface area (Å²) >= 11 is 3.05. The van der Waals surface area contributed by atoms with E-state index >= 15 is 0 Å². The molecule has 5 heteroatoms. The van der Waals surface area contributed by atoms with Crippen molar-refractivity contribution in [1.82, 2.24) is 5.32 Å². The van der Waals surface area contributed by atoms with Crippen molar-refractivity contribution in [3.8, 4) is 0 Å². The first-order chi connectivity index (χ1) is 6.50. The van der Waals surface area contributed by atoms with Crippen molar-refractivity contribution in [1.29, 1.82) is 0 Å². The Morgan fingerprint density at radius 1 is 1.21 bits per heavy atom. The molecule has 0 bridgehead atoms. The average molecular weight is 263 g/mol. The van der Waals surface area contributed by atoms with Crippen LogP contribution in [-0.2, 0) is 6.18 Å². The summed E-state index contributed by atoms with van der Waals surface area (Å²) in [5.74, 6) is 0. The van der Waals surface area contributed by atoms with Crippen LogP contribution in [0.25, 0.3) is 4.48 Å². The van der Waals surface area contributed by atoms with Crippen molar-refractivity contribution in [2.45, 2.75) is 6.18 Å². The van der Waals surface area contributed by atoms with Gasteiger partial charge in [-0.15, -0.1) is 0 Å². The lowest BCUT2D eigenvalue weighted by Gasteiger charge is -2.11. The summed E-state index contributed by atoms with van der Waals surface area (Å²) in [6, 6.07) is 3.95. The predicted molar refractivity (Wildman–Crippen MR) is 50.1 cm³/mol. The molecule has 2 rings (SSSR count). The van der Waals surface area contributed by atoms with Crippen LogP contribution in [0.1, 0.15) is 11.1 Å². The molecule has 0 fully saturated rings. The van der Waals surface area contributed by atoms with Gasteiger partial charge >= 0.3 is 6.18 Å². The monoisotopic (exact) mass is 262 g/mol. The molecule has 0 saturated heterocycles. The average Bonchev–Trinajstić information content (AvgIpc) is 2.46. The molecule has 1 heterocycles. The lowest BCUT2D eigenvalue weighted by molar-refractivity contribution is -0.137. The van der Waals surface area contributed by atoms with E-state index in [4.69, 9.17) is 0 Å². The van der Waals surface area contributed by atoms with E-state index in [0.29, 0.717) is 10.2 Å². The number of benzene rings is 1. The molecular weight excluding hydrogens is 259 g/mol. The topological polar surface area (TPSA) is 14.1 Å². The summed E-state index contributed by atoms with van der Waals surface area (Å²) in [7, 11) is 0. The van der Waals surface area contributed by atoms with Gasteiger partial charge in [-0.1, -0.05) is 6.07 Å². The van der Waals surface area contributed by atoms with Crippen LogP contribution < -0.4 is 5.32 Å². The molecule has 1 aliphatic rings. The molecule has 0 aromatic heterocycles. The Bertz CT molecular complexity index is 409. The minimum atomic E-state index is -4.34. The molecule has 73 valence electrons. The number of hydrogen-bond acceptors (Lipinski definition) is 0. The highest BCUT2D eigenvalue weighted by molar-refractivity contribution is 9.15. The lowest BCUT2D eigenvalue weighted by Crippen LogP contribution is -2.07. The summed E-state index contributed by atoms with van der Waals surface area (Å²) in [6.45, 7) is 0. The van der Waals surface area contributed by atoms with E-state index in [9.17, 15) is 13.2 Å². The van der Waals surface area contributed by atoms with Gasteiger partial charge in [0.1, 0.15) is 0 Å². The fourth-order valence-electron chi connectivity index (χ4n) is 1.33. The maximum Gasteiger partial charge on any atom is 0.417 e. The van der Waals surface area contributed by atoms with Crippen LogP contribution in [-0.4, -0.2) is 0 Å². The molecule has 1 aliphatic heterocycles. The standard InChI is InChI=1S/C9H4BrF3N/c10-6-4-14-7-3-1-2-5(8(6)7)9(11,12)13/h1-4H. The molecule has 1 aromatic rings. The van der Waals surface area contributed by atoms with Crippen molar-refractivity contribution in [2.24, 2.45) is 0 Å². The number of rotatable bonds is 0. The minimum absolute atomic E-state index is 0.125. The molecule has 0 N–H and O–H groups in total. The second-order valence-corrected chi connectivity index (χ2v) is 3.66. The first kappa shape index (κ1) is 9.58. The van der Waals surface area contributed by atoms with Crippen molar-refractivity contribution < 1.29 is 13.2 Å². The van der Waals surface area contributed by atoms with Crippen molar-refractivity contribution in [2.75, 3.05) is 0 Å².